The molecule has 0 fully saturated rings. The summed E-state index contributed by atoms with van der Waals surface area (Å²) in [4.78, 5) is 22.6. The lowest BCUT2D eigenvalue weighted by Crippen LogP contribution is -2.30. The van der Waals surface area contributed by atoms with E-state index in [1.54, 1.807) is 24.3 Å². The number of rotatable bonds is 4. The highest BCUT2D eigenvalue weighted by Crippen LogP contribution is 2.18. The van der Waals surface area contributed by atoms with Crippen LogP contribution in [0.2, 0.25) is 0 Å². The van der Waals surface area contributed by atoms with E-state index in [1.165, 1.54) is 0 Å². The van der Waals surface area contributed by atoms with Crippen molar-refractivity contribution in [2.24, 2.45) is 5.92 Å². The molecule has 2 rings (SSSR count). The summed E-state index contributed by atoms with van der Waals surface area (Å²) >= 11 is 0. The summed E-state index contributed by atoms with van der Waals surface area (Å²) in [7, 11) is 0. The Morgan fingerprint density at radius 2 is 1.95 bits per heavy atom. The Balaban J connectivity index is 1.86. The third-order valence-corrected chi connectivity index (χ3v) is 3.31. The first-order valence-electron chi connectivity index (χ1n) is 6.42. The van der Waals surface area contributed by atoms with Gasteiger partial charge in [0.05, 0.1) is 5.56 Å². The zero-order valence-electron chi connectivity index (χ0n) is 10.6. The lowest BCUT2D eigenvalue weighted by molar-refractivity contribution is -0.125. The maximum Gasteiger partial charge on any atom is 0.335 e. The number of nitrogens with one attached hydrogen (secondary N) is 1. The molecule has 1 unspecified atom stereocenters. The van der Waals surface area contributed by atoms with Crippen molar-refractivity contribution in [1.82, 2.24) is 5.32 Å². The molecule has 1 aliphatic carbocycles. The Hall–Kier alpha value is -2.10. The normalized spacial score (nSPS) is 18.0. The highest BCUT2D eigenvalue weighted by atomic mass is 16.4. The van der Waals surface area contributed by atoms with Crippen LogP contribution in [0, 0.1) is 5.92 Å². The summed E-state index contributed by atoms with van der Waals surface area (Å²) in [6, 6.07) is 6.55. The minimum Gasteiger partial charge on any atom is -0.478 e. The smallest absolute Gasteiger partial charge is 0.335 e. The van der Waals surface area contributed by atoms with Gasteiger partial charge in [0.1, 0.15) is 0 Å². The van der Waals surface area contributed by atoms with Gasteiger partial charge in [0, 0.05) is 12.5 Å². The third-order valence-electron chi connectivity index (χ3n) is 3.31. The number of allylic oxidation sites excluding steroid dienone is 2. The highest BCUT2D eigenvalue weighted by molar-refractivity contribution is 5.87. The Morgan fingerprint density at radius 3 is 2.53 bits per heavy atom. The summed E-state index contributed by atoms with van der Waals surface area (Å²) < 4.78 is 0. The van der Waals surface area contributed by atoms with Gasteiger partial charge in [-0.15, -0.1) is 0 Å². The van der Waals surface area contributed by atoms with Gasteiger partial charge < -0.3 is 10.4 Å². The van der Waals surface area contributed by atoms with Crippen molar-refractivity contribution in [2.45, 2.75) is 25.8 Å². The minimum absolute atomic E-state index is 0.0725. The van der Waals surface area contributed by atoms with Gasteiger partial charge in [-0.3, -0.25) is 4.79 Å². The van der Waals surface area contributed by atoms with Gasteiger partial charge >= 0.3 is 5.97 Å². The van der Waals surface area contributed by atoms with E-state index in [0.29, 0.717) is 6.54 Å². The van der Waals surface area contributed by atoms with E-state index in [4.69, 9.17) is 5.11 Å². The average Bonchev–Trinajstić information content (AvgIpc) is 2.46. The molecule has 1 aromatic carbocycles. The zero-order chi connectivity index (χ0) is 13.7. The van der Waals surface area contributed by atoms with E-state index in [1.807, 2.05) is 0 Å². The second kappa shape index (κ2) is 6.18. The number of benzene rings is 1. The van der Waals surface area contributed by atoms with Gasteiger partial charge in [-0.1, -0.05) is 24.3 Å². The number of carbonyl (C=O) groups excluding carboxylic acids is 1. The summed E-state index contributed by atoms with van der Waals surface area (Å²) in [6.07, 6.45) is 6.83. The first kappa shape index (κ1) is 13.3. The zero-order valence-corrected chi connectivity index (χ0v) is 10.6. The molecule has 4 heteroatoms. The van der Waals surface area contributed by atoms with Crippen LogP contribution in [0.25, 0.3) is 0 Å². The maximum atomic E-state index is 11.9. The summed E-state index contributed by atoms with van der Waals surface area (Å²) in [6.45, 7) is 0.443. The summed E-state index contributed by atoms with van der Waals surface area (Å²) in [5, 5.41) is 11.7. The van der Waals surface area contributed by atoms with E-state index in [9.17, 15) is 9.59 Å². The van der Waals surface area contributed by atoms with E-state index >= 15 is 0 Å². The predicted octanol–water partition coefficient (Wildman–Crippen LogP) is 2.36. The number of hydrogen-bond acceptors (Lipinski definition) is 2. The minimum atomic E-state index is -0.940. The monoisotopic (exact) mass is 259 g/mol. The molecule has 0 heterocycles. The first-order chi connectivity index (χ1) is 9.16. The number of amides is 1. The maximum absolute atomic E-state index is 11.9. The molecule has 0 saturated carbocycles. The summed E-state index contributed by atoms with van der Waals surface area (Å²) in [5.41, 5.74) is 1.16. The Kier molecular flexibility index (Phi) is 4.34. The van der Waals surface area contributed by atoms with Crippen LogP contribution >= 0.6 is 0 Å². The molecule has 0 spiro atoms. The third kappa shape index (κ3) is 3.68. The van der Waals surface area contributed by atoms with Crippen molar-refractivity contribution >= 4 is 11.9 Å². The van der Waals surface area contributed by atoms with Gasteiger partial charge in [0.2, 0.25) is 5.91 Å². The molecule has 2 N–H and O–H groups in total. The molecule has 19 heavy (non-hydrogen) atoms. The fourth-order valence-corrected chi connectivity index (χ4v) is 2.13. The van der Waals surface area contributed by atoms with E-state index in [0.717, 1.165) is 24.8 Å². The lowest BCUT2D eigenvalue weighted by Gasteiger charge is -2.17. The standard InChI is InChI=1S/C15H17NO3/c17-14(12-4-2-1-3-5-12)16-10-11-6-8-13(9-7-11)15(18)19/h1-2,6-9,12H,3-5,10H2,(H,16,17)(H,18,19). The Bertz CT molecular complexity index is 491. The van der Waals surface area contributed by atoms with Crippen LogP contribution in [0.3, 0.4) is 0 Å². The topological polar surface area (TPSA) is 66.4 Å². The van der Waals surface area contributed by atoms with Crippen LogP contribution in [0.4, 0.5) is 0 Å². The van der Waals surface area contributed by atoms with Gasteiger partial charge in [-0.2, -0.15) is 0 Å². The molecule has 4 nitrogen and oxygen atoms in total. The van der Waals surface area contributed by atoms with Gasteiger partial charge in [-0.05, 0) is 37.0 Å². The fraction of sp³-hybridized carbons (Fsp3) is 0.333. The van der Waals surface area contributed by atoms with E-state index < -0.39 is 5.97 Å². The number of hydrogen-bond donors (Lipinski definition) is 2. The average molecular weight is 259 g/mol. The second-order valence-corrected chi connectivity index (χ2v) is 4.70. The number of carbonyl (C=O) groups is 2. The molecule has 1 aliphatic rings. The summed E-state index contributed by atoms with van der Waals surface area (Å²) in [5.74, 6) is -0.792. The SMILES string of the molecule is O=C(O)c1ccc(CNC(=O)C2CC=CCC2)cc1. The van der Waals surface area contributed by atoms with Crippen LogP contribution in [-0.4, -0.2) is 17.0 Å². The molecule has 100 valence electrons. The van der Waals surface area contributed by atoms with Gasteiger partial charge in [0.15, 0.2) is 0 Å². The van der Waals surface area contributed by atoms with Gasteiger partial charge in [-0.25, -0.2) is 4.79 Å². The molecule has 1 aromatic rings. The van der Waals surface area contributed by atoms with Crippen molar-refractivity contribution in [3.8, 4) is 0 Å². The van der Waals surface area contributed by atoms with Crippen molar-refractivity contribution in [1.29, 1.82) is 0 Å². The van der Waals surface area contributed by atoms with Crippen LogP contribution in [0.15, 0.2) is 36.4 Å². The molecular weight excluding hydrogens is 242 g/mol. The van der Waals surface area contributed by atoms with Crippen LogP contribution in [-0.2, 0) is 11.3 Å². The van der Waals surface area contributed by atoms with Crippen molar-refractivity contribution in [3.05, 3.63) is 47.5 Å². The molecule has 1 atom stereocenters. The molecule has 0 aromatic heterocycles. The molecule has 0 saturated heterocycles. The number of aromatic carboxylic acids is 1. The van der Waals surface area contributed by atoms with Crippen LogP contribution in [0.1, 0.15) is 35.2 Å². The van der Waals surface area contributed by atoms with Crippen molar-refractivity contribution < 1.29 is 14.7 Å². The Labute approximate surface area is 112 Å². The van der Waals surface area contributed by atoms with Crippen molar-refractivity contribution in [2.75, 3.05) is 0 Å². The molecular formula is C15H17NO3. The number of carboxylic acid groups (broad SMARTS) is 1. The van der Waals surface area contributed by atoms with E-state index in [2.05, 4.69) is 17.5 Å². The predicted molar refractivity (Wildman–Crippen MR) is 71.7 cm³/mol. The fourth-order valence-electron chi connectivity index (χ4n) is 2.13. The highest BCUT2D eigenvalue weighted by Gasteiger charge is 2.17. The largest absolute Gasteiger partial charge is 0.478 e. The van der Waals surface area contributed by atoms with Crippen molar-refractivity contribution in [3.63, 3.8) is 0 Å². The molecule has 0 bridgehead atoms. The Morgan fingerprint density at radius 1 is 1.21 bits per heavy atom. The quantitative estimate of drug-likeness (QED) is 0.816. The van der Waals surface area contributed by atoms with Crippen LogP contribution in [0.5, 0.6) is 0 Å². The second-order valence-electron chi connectivity index (χ2n) is 4.70. The number of carboxylic acids is 1. The van der Waals surface area contributed by atoms with E-state index in [-0.39, 0.29) is 17.4 Å². The van der Waals surface area contributed by atoms with Crippen LogP contribution < -0.4 is 5.32 Å². The molecule has 0 radical (unpaired) electrons. The molecule has 1 amide bonds. The first-order valence-corrected chi connectivity index (χ1v) is 6.42. The van der Waals surface area contributed by atoms with Gasteiger partial charge in [0.25, 0.3) is 0 Å². The lowest BCUT2D eigenvalue weighted by atomic mass is 9.93. The molecule has 0 aliphatic heterocycles.